The summed E-state index contributed by atoms with van der Waals surface area (Å²) in [6.45, 7) is 3.06. The second kappa shape index (κ2) is 11.5. The first kappa shape index (κ1) is 23.6. The summed E-state index contributed by atoms with van der Waals surface area (Å²) in [5.41, 5.74) is 2.21. The number of amides is 1. The molecule has 0 fully saturated rings. The lowest BCUT2D eigenvalue weighted by Gasteiger charge is -2.11. The van der Waals surface area contributed by atoms with Crippen molar-refractivity contribution in [1.82, 2.24) is 15.6 Å². The zero-order chi connectivity index (χ0) is 20.6. The van der Waals surface area contributed by atoms with Crippen LogP contribution in [0, 0.1) is 11.6 Å². The van der Waals surface area contributed by atoms with E-state index < -0.39 is 5.82 Å². The van der Waals surface area contributed by atoms with Crippen molar-refractivity contribution >= 4 is 52.4 Å². The summed E-state index contributed by atoms with van der Waals surface area (Å²) in [5, 5.41) is 9.83. The maximum absolute atomic E-state index is 13.3. The molecule has 1 aromatic heterocycles. The number of aliphatic imine (C=N–C) groups is 1. The highest BCUT2D eigenvalue weighted by Crippen LogP contribution is 2.19. The van der Waals surface area contributed by atoms with E-state index in [1.807, 2.05) is 13.1 Å². The minimum atomic E-state index is -0.415. The molecular weight excluding hydrogens is 503 g/mol. The Morgan fingerprint density at radius 3 is 2.67 bits per heavy atom. The van der Waals surface area contributed by atoms with Crippen molar-refractivity contribution in [2.75, 3.05) is 25.0 Å². The van der Waals surface area contributed by atoms with Gasteiger partial charge in [-0.05, 0) is 55.3 Å². The third kappa shape index (κ3) is 6.68. The van der Waals surface area contributed by atoms with Gasteiger partial charge >= 0.3 is 0 Å². The maximum Gasteiger partial charge on any atom is 0.246 e. The fourth-order valence-corrected chi connectivity index (χ4v) is 2.94. The Morgan fingerprint density at radius 1 is 1.10 bits per heavy atom. The number of carbonyl (C=O) groups is 1. The lowest BCUT2D eigenvalue weighted by molar-refractivity contribution is -0.114. The average Bonchev–Trinajstić information content (AvgIpc) is 3.08. The standard InChI is InChI=1S/C21H23F2N5O.HI/c1-2-24-21(27-13-20(29)28-17-5-3-4-15(22)10-17)25-9-8-14-12-26-19-11-16(23)6-7-18(14)19;/h3-7,10-12,26H,2,8-9,13H2,1H3,(H,28,29)(H2,24,25,27);1H. The van der Waals surface area contributed by atoms with Crippen LogP contribution in [-0.2, 0) is 11.2 Å². The Morgan fingerprint density at radius 2 is 1.90 bits per heavy atom. The number of carbonyl (C=O) groups excluding carboxylic acids is 1. The molecule has 9 heteroatoms. The van der Waals surface area contributed by atoms with E-state index in [1.54, 1.807) is 12.1 Å². The van der Waals surface area contributed by atoms with E-state index in [1.165, 1.54) is 30.3 Å². The van der Waals surface area contributed by atoms with Crippen molar-refractivity contribution in [3.8, 4) is 0 Å². The van der Waals surface area contributed by atoms with Gasteiger partial charge in [-0.2, -0.15) is 0 Å². The minimum absolute atomic E-state index is 0. The number of anilines is 1. The summed E-state index contributed by atoms with van der Waals surface area (Å²) in [6.07, 6.45) is 2.56. The molecular formula is C21H24F2IN5O. The number of benzene rings is 2. The van der Waals surface area contributed by atoms with Crippen LogP contribution in [0.5, 0.6) is 0 Å². The third-order valence-electron chi connectivity index (χ3n) is 4.25. The van der Waals surface area contributed by atoms with Crippen LogP contribution in [0.1, 0.15) is 12.5 Å². The predicted molar refractivity (Wildman–Crippen MR) is 126 cm³/mol. The molecule has 30 heavy (non-hydrogen) atoms. The summed E-state index contributed by atoms with van der Waals surface area (Å²) in [4.78, 5) is 19.4. The van der Waals surface area contributed by atoms with Crippen molar-refractivity contribution < 1.29 is 13.6 Å². The average molecular weight is 527 g/mol. The second-order valence-corrected chi connectivity index (χ2v) is 6.43. The van der Waals surface area contributed by atoms with Gasteiger partial charge in [-0.3, -0.25) is 4.79 Å². The largest absolute Gasteiger partial charge is 0.361 e. The van der Waals surface area contributed by atoms with Crippen molar-refractivity contribution in [2.24, 2.45) is 4.99 Å². The highest BCUT2D eigenvalue weighted by atomic mass is 127. The highest BCUT2D eigenvalue weighted by molar-refractivity contribution is 14.0. The van der Waals surface area contributed by atoms with Gasteiger partial charge in [0.2, 0.25) is 5.91 Å². The van der Waals surface area contributed by atoms with Gasteiger partial charge in [0.1, 0.15) is 18.2 Å². The third-order valence-corrected chi connectivity index (χ3v) is 4.25. The predicted octanol–water partition coefficient (Wildman–Crippen LogP) is 3.80. The number of hydrogen-bond donors (Lipinski definition) is 4. The number of hydrogen-bond acceptors (Lipinski definition) is 2. The van der Waals surface area contributed by atoms with Crippen LogP contribution in [0.15, 0.2) is 53.7 Å². The molecule has 0 saturated carbocycles. The van der Waals surface area contributed by atoms with Gasteiger partial charge in [-0.15, -0.1) is 24.0 Å². The number of guanidine groups is 1. The molecule has 3 aromatic rings. The molecule has 0 saturated heterocycles. The number of halogens is 3. The first-order valence-electron chi connectivity index (χ1n) is 9.38. The molecule has 0 unspecified atom stereocenters. The number of fused-ring (bicyclic) bond motifs is 1. The summed E-state index contributed by atoms with van der Waals surface area (Å²) >= 11 is 0. The Bertz CT molecular complexity index is 1020. The van der Waals surface area contributed by atoms with Gasteiger partial charge in [-0.25, -0.2) is 13.8 Å². The topological polar surface area (TPSA) is 81.3 Å². The molecule has 0 aliphatic rings. The maximum atomic E-state index is 13.3. The highest BCUT2D eigenvalue weighted by Gasteiger charge is 2.06. The minimum Gasteiger partial charge on any atom is -0.361 e. The molecule has 0 aliphatic carbocycles. The van der Waals surface area contributed by atoms with E-state index in [2.05, 4.69) is 25.9 Å². The van der Waals surface area contributed by atoms with Crippen molar-refractivity contribution in [1.29, 1.82) is 0 Å². The van der Waals surface area contributed by atoms with Gasteiger partial charge in [0.25, 0.3) is 0 Å². The Labute approximate surface area is 190 Å². The van der Waals surface area contributed by atoms with Crippen LogP contribution in [0.2, 0.25) is 0 Å². The first-order valence-corrected chi connectivity index (χ1v) is 9.38. The molecule has 2 aromatic carbocycles. The molecule has 0 bridgehead atoms. The Kier molecular flexibility index (Phi) is 9.03. The monoisotopic (exact) mass is 527 g/mol. The molecule has 0 spiro atoms. The number of nitrogens with zero attached hydrogens (tertiary/aromatic N) is 1. The van der Waals surface area contributed by atoms with Crippen molar-refractivity contribution in [3.05, 3.63) is 65.9 Å². The van der Waals surface area contributed by atoms with E-state index in [0.717, 1.165) is 16.5 Å². The van der Waals surface area contributed by atoms with Gasteiger partial charge in [0.15, 0.2) is 5.96 Å². The SMILES string of the molecule is CCNC(=NCC(=O)Nc1cccc(F)c1)NCCc1c[nH]c2cc(F)ccc12.I. The van der Waals surface area contributed by atoms with Crippen LogP contribution < -0.4 is 16.0 Å². The number of H-pyrrole nitrogens is 1. The number of nitrogens with one attached hydrogen (secondary N) is 4. The summed E-state index contributed by atoms with van der Waals surface area (Å²) < 4.78 is 26.5. The molecule has 160 valence electrons. The molecule has 0 aliphatic heterocycles. The fourth-order valence-electron chi connectivity index (χ4n) is 2.94. The van der Waals surface area contributed by atoms with Crippen LogP contribution in [-0.4, -0.2) is 36.5 Å². The molecule has 0 radical (unpaired) electrons. The molecule has 1 amide bonds. The Hall–Kier alpha value is -2.69. The van der Waals surface area contributed by atoms with E-state index in [0.29, 0.717) is 31.2 Å². The van der Waals surface area contributed by atoms with Gasteiger partial charge < -0.3 is 20.9 Å². The normalized spacial score (nSPS) is 11.1. The van der Waals surface area contributed by atoms with Gasteiger partial charge in [0.05, 0.1) is 0 Å². The molecule has 4 N–H and O–H groups in total. The van der Waals surface area contributed by atoms with Crippen LogP contribution >= 0.6 is 24.0 Å². The van der Waals surface area contributed by atoms with Crippen LogP contribution in [0.25, 0.3) is 10.9 Å². The van der Waals surface area contributed by atoms with Gasteiger partial charge in [-0.1, -0.05) is 6.07 Å². The molecule has 3 rings (SSSR count). The van der Waals surface area contributed by atoms with Gasteiger partial charge in [0, 0.05) is 35.9 Å². The summed E-state index contributed by atoms with van der Waals surface area (Å²) in [5.74, 6) is -0.525. The van der Waals surface area contributed by atoms with Crippen LogP contribution in [0.4, 0.5) is 14.5 Å². The molecule has 1 heterocycles. The van der Waals surface area contributed by atoms with Crippen LogP contribution in [0.3, 0.4) is 0 Å². The fraction of sp³-hybridized carbons (Fsp3) is 0.238. The number of aromatic nitrogens is 1. The van der Waals surface area contributed by atoms with E-state index in [9.17, 15) is 13.6 Å². The summed E-state index contributed by atoms with van der Waals surface area (Å²) in [6, 6.07) is 10.4. The van der Waals surface area contributed by atoms with E-state index >= 15 is 0 Å². The smallest absolute Gasteiger partial charge is 0.246 e. The van der Waals surface area contributed by atoms with E-state index in [-0.39, 0.29) is 42.2 Å². The summed E-state index contributed by atoms with van der Waals surface area (Å²) in [7, 11) is 0. The quantitative estimate of drug-likeness (QED) is 0.215. The lowest BCUT2D eigenvalue weighted by Crippen LogP contribution is -2.39. The van der Waals surface area contributed by atoms with Crippen molar-refractivity contribution in [3.63, 3.8) is 0 Å². The second-order valence-electron chi connectivity index (χ2n) is 6.43. The number of rotatable bonds is 7. The Balaban J connectivity index is 0.00000320. The lowest BCUT2D eigenvalue weighted by atomic mass is 10.1. The molecule has 0 atom stereocenters. The van der Waals surface area contributed by atoms with E-state index in [4.69, 9.17) is 0 Å². The first-order chi connectivity index (χ1) is 14.0. The molecule has 6 nitrogen and oxygen atoms in total. The zero-order valence-electron chi connectivity index (χ0n) is 16.5. The number of aromatic amines is 1. The zero-order valence-corrected chi connectivity index (χ0v) is 18.8. The van der Waals surface area contributed by atoms with Crippen molar-refractivity contribution in [2.45, 2.75) is 13.3 Å².